The molecule has 2 aliphatic heterocycles. The van der Waals surface area contributed by atoms with Gasteiger partial charge in [-0.2, -0.15) is 0 Å². The molecule has 2 aromatic carbocycles. The molecule has 7 nitrogen and oxygen atoms in total. The van der Waals surface area contributed by atoms with Crippen LogP contribution in [0.4, 0.5) is 15.8 Å². The van der Waals surface area contributed by atoms with Crippen molar-refractivity contribution in [1.82, 2.24) is 9.47 Å². The molecule has 2 unspecified atom stereocenters. The molecular weight excluding hydrogens is 431 g/mol. The predicted octanol–water partition coefficient (Wildman–Crippen LogP) is 3.48. The summed E-state index contributed by atoms with van der Waals surface area (Å²) in [7, 11) is 4.07. The number of amidine groups is 1. The number of hydrogen-bond donors (Lipinski definition) is 3. The average molecular weight is 461 g/mol. The van der Waals surface area contributed by atoms with E-state index in [-0.39, 0.29) is 17.8 Å². The van der Waals surface area contributed by atoms with Crippen molar-refractivity contribution in [1.29, 1.82) is 5.41 Å². The number of aliphatic hydroxyl groups excluding tert-OH is 1. The third-order valence-corrected chi connectivity index (χ3v) is 6.56. The summed E-state index contributed by atoms with van der Waals surface area (Å²) < 4.78 is 15.5. The van der Waals surface area contributed by atoms with Crippen LogP contribution in [0.2, 0.25) is 0 Å². The van der Waals surface area contributed by atoms with E-state index in [2.05, 4.69) is 36.8 Å². The number of nitrogens with one attached hydrogen (secondary N) is 2. The van der Waals surface area contributed by atoms with Crippen LogP contribution in [0.25, 0.3) is 11.1 Å². The molecule has 0 spiro atoms. The summed E-state index contributed by atoms with van der Waals surface area (Å²) in [6, 6.07) is 14.7. The van der Waals surface area contributed by atoms with Gasteiger partial charge < -0.3 is 24.8 Å². The standard InChI is InChI=1S/C26H29FN6O/c1-31(2)11-20-14-32(15-25(20)34)22-7-8-23-19(9-22)13-33-12-18(17-3-5-21(27)6-4-17)10-24(33)26(30-23)29-16-28/h3-10,12,16,20,25,34H,11,13-15H2,1-2H3,(H2,28,29,30). The molecule has 2 aliphatic rings. The molecule has 2 atom stereocenters. The monoisotopic (exact) mass is 460 g/mol. The van der Waals surface area contributed by atoms with E-state index in [4.69, 9.17) is 5.41 Å². The van der Waals surface area contributed by atoms with E-state index in [1.54, 1.807) is 12.1 Å². The maximum absolute atomic E-state index is 13.4. The van der Waals surface area contributed by atoms with Gasteiger partial charge in [-0.25, -0.2) is 9.38 Å². The number of benzene rings is 2. The smallest absolute Gasteiger partial charge is 0.156 e. The number of fused-ring (bicyclic) bond motifs is 2. The van der Waals surface area contributed by atoms with Crippen molar-refractivity contribution in [2.45, 2.75) is 12.6 Å². The fraction of sp³-hybridized carbons (Fsp3) is 0.308. The van der Waals surface area contributed by atoms with Crippen LogP contribution >= 0.6 is 0 Å². The second kappa shape index (κ2) is 9.04. The zero-order valence-electron chi connectivity index (χ0n) is 19.4. The lowest BCUT2D eigenvalue weighted by molar-refractivity contribution is 0.130. The van der Waals surface area contributed by atoms with Crippen molar-refractivity contribution in [3.8, 4) is 11.1 Å². The summed E-state index contributed by atoms with van der Waals surface area (Å²) in [4.78, 5) is 8.64. The molecule has 34 heavy (non-hydrogen) atoms. The molecule has 3 heterocycles. The summed E-state index contributed by atoms with van der Waals surface area (Å²) in [6.07, 6.45) is 2.73. The summed E-state index contributed by atoms with van der Waals surface area (Å²) in [6.45, 7) is 2.91. The van der Waals surface area contributed by atoms with E-state index in [0.29, 0.717) is 18.9 Å². The molecule has 8 heteroatoms. The quantitative estimate of drug-likeness (QED) is 0.402. The van der Waals surface area contributed by atoms with Crippen molar-refractivity contribution in [2.24, 2.45) is 10.9 Å². The Hall–Kier alpha value is -3.49. The lowest BCUT2D eigenvalue weighted by atomic mass is 10.1. The molecule has 0 radical (unpaired) electrons. The number of β-amino-alcohol motifs (C(OH)–C–C–N with tert-alkyl or cyclic N) is 1. The maximum atomic E-state index is 13.4. The molecule has 0 saturated carbocycles. The highest BCUT2D eigenvalue weighted by Crippen LogP contribution is 2.32. The third kappa shape index (κ3) is 4.34. The fourth-order valence-corrected chi connectivity index (χ4v) is 4.92. The van der Waals surface area contributed by atoms with Crippen LogP contribution < -0.4 is 10.2 Å². The molecule has 1 saturated heterocycles. The topological polar surface area (TPSA) is 79.9 Å². The van der Waals surface area contributed by atoms with Gasteiger partial charge in [0.1, 0.15) is 12.2 Å². The Labute approximate surface area is 198 Å². The van der Waals surface area contributed by atoms with Gasteiger partial charge in [0, 0.05) is 55.2 Å². The van der Waals surface area contributed by atoms with E-state index in [0.717, 1.165) is 53.2 Å². The molecule has 3 aromatic rings. The first-order chi connectivity index (χ1) is 16.4. The van der Waals surface area contributed by atoms with Gasteiger partial charge in [-0.05, 0) is 61.6 Å². The average Bonchev–Trinajstić information content (AvgIpc) is 3.34. The SMILES string of the molecule is CN(C)CC1CN(c2ccc3c(c2)Cn2cc(-c4ccc(F)cc4)cc2/C(=N/C=N)N3)CC1O. The number of aliphatic imine (C=N–C) groups is 1. The number of halogens is 1. The van der Waals surface area contributed by atoms with Crippen LogP contribution in [0, 0.1) is 17.1 Å². The Morgan fingerprint density at radius 2 is 1.94 bits per heavy atom. The summed E-state index contributed by atoms with van der Waals surface area (Å²) in [5, 5.41) is 21.5. The minimum atomic E-state index is -0.347. The highest BCUT2D eigenvalue weighted by molar-refractivity contribution is 6.11. The second-order valence-corrected chi connectivity index (χ2v) is 9.32. The highest BCUT2D eigenvalue weighted by atomic mass is 19.1. The Morgan fingerprint density at radius 1 is 1.15 bits per heavy atom. The highest BCUT2D eigenvalue weighted by Gasteiger charge is 2.32. The normalized spacial score (nSPS) is 20.7. The van der Waals surface area contributed by atoms with E-state index < -0.39 is 0 Å². The van der Waals surface area contributed by atoms with Gasteiger partial charge in [0.25, 0.3) is 0 Å². The number of hydrogen-bond acceptors (Lipinski definition) is 4. The van der Waals surface area contributed by atoms with Gasteiger partial charge in [0.15, 0.2) is 5.84 Å². The Bertz CT molecular complexity index is 1230. The zero-order chi connectivity index (χ0) is 23.8. The molecule has 0 amide bonds. The van der Waals surface area contributed by atoms with Crippen molar-refractivity contribution in [2.75, 3.05) is 43.9 Å². The number of nitrogens with zero attached hydrogens (tertiary/aromatic N) is 4. The lowest BCUT2D eigenvalue weighted by Crippen LogP contribution is -2.29. The molecule has 176 valence electrons. The molecule has 0 aliphatic carbocycles. The van der Waals surface area contributed by atoms with Gasteiger partial charge in [-0.1, -0.05) is 12.1 Å². The zero-order valence-corrected chi connectivity index (χ0v) is 19.4. The minimum Gasteiger partial charge on any atom is -0.391 e. The Balaban J connectivity index is 1.48. The maximum Gasteiger partial charge on any atom is 0.156 e. The van der Waals surface area contributed by atoms with Crippen molar-refractivity contribution >= 4 is 23.5 Å². The first-order valence-corrected chi connectivity index (χ1v) is 11.4. The van der Waals surface area contributed by atoms with E-state index in [1.165, 1.54) is 12.1 Å². The first kappa shape index (κ1) is 22.3. The minimum absolute atomic E-state index is 0.215. The number of rotatable bonds is 5. The van der Waals surface area contributed by atoms with Gasteiger partial charge in [0.05, 0.1) is 11.8 Å². The third-order valence-electron chi connectivity index (χ3n) is 6.56. The van der Waals surface area contributed by atoms with E-state index in [9.17, 15) is 9.50 Å². The second-order valence-electron chi connectivity index (χ2n) is 9.32. The van der Waals surface area contributed by atoms with Gasteiger partial charge >= 0.3 is 0 Å². The summed E-state index contributed by atoms with van der Waals surface area (Å²) in [5.41, 5.74) is 5.87. The van der Waals surface area contributed by atoms with Crippen molar-refractivity contribution in [3.63, 3.8) is 0 Å². The molecule has 1 fully saturated rings. The molecule has 1 aromatic heterocycles. The van der Waals surface area contributed by atoms with Crippen LogP contribution in [0.5, 0.6) is 0 Å². The van der Waals surface area contributed by atoms with Crippen LogP contribution in [-0.4, -0.2) is 66.6 Å². The van der Waals surface area contributed by atoms with Crippen molar-refractivity contribution in [3.05, 3.63) is 71.8 Å². The van der Waals surface area contributed by atoms with E-state index in [1.807, 2.05) is 32.4 Å². The van der Waals surface area contributed by atoms with Crippen LogP contribution in [-0.2, 0) is 6.54 Å². The number of anilines is 2. The van der Waals surface area contributed by atoms with Crippen LogP contribution in [0.1, 0.15) is 11.3 Å². The first-order valence-electron chi connectivity index (χ1n) is 11.4. The Morgan fingerprint density at radius 3 is 2.68 bits per heavy atom. The molecule has 3 N–H and O–H groups in total. The van der Waals surface area contributed by atoms with Crippen LogP contribution in [0.3, 0.4) is 0 Å². The van der Waals surface area contributed by atoms with Crippen molar-refractivity contribution < 1.29 is 9.50 Å². The number of aromatic nitrogens is 1. The fourth-order valence-electron chi connectivity index (χ4n) is 4.92. The Kier molecular flexibility index (Phi) is 5.93. The van der Waals surface area contributed by atoms with Gasteiger partial charge in [0.2, 0.25) is 0 Å². The van der Waals surface area contributed by atoms with Crippen LogP contribution in [0.15, 0.2) is 59.7 Å². The lowest BCUT2D eigenvalue weighted by Gasteiger charge is -2.21. The van der Waals surface area contributed by atoms with Gasteiger partial charge in [-0.15, -0.1) is 0 Å². The predicted molar refractivity (Wildman–Crippen MR) is 135 cm³/mol. The molecular formula is C26H29FN6O. The largest absolute Gasteiger partial charge is 0.391 e. The molecule has 0 bridgehead atoms. The molecule has 5 rings (SSSR count). The van der Waals surface area contributed by atoms with Gasteiger partial charge in [-0.3, -0.25) is 5.41 Å². The van der Waals surface area contributed by atoms with E-state index >= 15 is 0 Å². The summed E-state index contributed by atoms with van der Waals surface area (Å²) >= 11 is 0. The summed E-state index contributed by atoms with van der Waals surface area (Å²) in [5.74, 6) is 0.545. The number of aliphatic hydroxyl groups is 1.